The number of carbonyl (C=O) groups excluding carboxylic acids is 1. The highest BCUT2D eigenvalue weighted by Gasteiger charge is 2.51. The zero-order valence-electron chi connectivity index (χ0n) is 16.4. The summed E-state index contributed by atoms with van der Waals surface area (Å²) in [6, 6.07) is -0.126. The van der Waals surface area contributed by atoms with Crippen LogP contribution >= 0.6 is 0 Å². The third-order valence-electron chi connectivity index (χ3n) is 7.45. The summed E-state index contributed by atoms with van der Waals surface area (Å²) in [7, 11) is -3.41. The average molecular weight is 399 g/mol. The highest BCUT2D eigenvalue weighted by molar-refractivity contribution is 7.89. The van der Waals surface area contributed by atoms with Gasteiger partial charge >= 0.3 is 0 Å². The van der Waals surface area contributed by atoms with Gasteiger partial charge in [0.2, 0.25) is 15.9 Å². The summed E-state index contributed by atoms with van der Waals surface area (Å²) >= 11 is 0. The van der Waals surface area contributed by atoms with Crippen LogP contribution in [0.25, 0.3) is 0 Å². The van der Waals surface area contributed by atoms with Crippen LogP contribution in [0.2, 0.25) is 0 Å². The minimum absolute atomic E-state index is 0.00490. The number of nitrogens with two attached hydrogens (primary N) is 1. The molecule has 4 bridgehead atoms. The van der Waals surface area contributed by atoms with Crippen molar-refractivity contribution in [3.05, 3.63) is 0 Å². The van der Waals surface area contributed by atoms with E-state index in [0.717, 1.165) is 43.9 Å². The highest BCUT2D eigenvalue weighted by atomic mass is 32.2. The molecule has 0 aromatic carbocycles. The van der Waals surface area contributed by atoms with Crippen molar-refractivity contribution in [1.29, 1.82) is 0 Å². The van der Waals surface area contributed by atoms with Crippen molar-refractivity contribution in [3.63, 3.8) is 0 Å². The topological polar surface area (TPSA) is 95.7 Å². The zero-order chi connectivity index (χ0) is 19.2. The molecule has 0 unspecified atom stereocenters. The number of nitrogens with zero attached hydrogens (tertiary/aromatic N) is 2. The maximum absolute atomic E-state index is 13.0. The lowest BCUT2D eigenvalue weighted by Crippen LogP contribution is -2.63. The van der Waals surface area contributed by atoms with Crippen molar-refractivity contribution in [3.8, 4) is 0 Å². The van der Waals surface area contributed by atoms with Crippen molar-refractivity contribution in [1.82, 2.24) is 15.1 Å². The number of hydrogen-bond donors (Lipinski definition) is 2. The smallest absolute Gasteiger partial charge is 0.237 e. The normalized spacial score (nSPS) is 38.1. The van der Waals surface area contributed by atoms with Crippen LogP contribution < -0.4 is 10.5 Å². The van der Waals surface area contributed by atoms with E-state index in [1.165, 1.54) is 38.5 Å². The Morgan fingerprint density at radius 3 is 2.07 bits per heavy atom. The van der Waals surface area contributed by atoms with E-state index in [0.29, 0.717) is 6.54 Å². The number of sulfonamides is 1. The fraction of sp³-hybridized carbons (Fsp3) is 0.947. The molecule has 1 aliphatic heterocycles. The predicted octanol–water partition coefficient (Wildman–Crippen LogP) is 0.366. The quantitative estimate of drug-likeness (QED) is 0.674. The second kappa shape index (κ2) is 7.28. The summed E-state index contributed by atoms with van der Waals surface area (Å²) in [5, 5.41) is 8.58. The van der Waals surface area contributed by atoms with Gasteiger partial charge in [-0.25, -0.2) is 13.6 Å². The molecule has 0 aromatic heterocycles. The fourth-order valence-corrected chi connectivity index (χ4v) is 6.94. The number of amides is 1. The molecular formula is C19H34N4O3S. The maximum atomic E-state index is 13.0. The minimum Gasteiger partial charge on any atom is -0.349 e. The van der Waals surface area contributed by atoms with E-state index in [4.69, 9.17) is 5.14 Å². The summed E-state index contributed by atoms with van der Waals surface area (Å²) in [4.78, 5) is 17.3. The van der Waals surface area contributed by atoms with Gasteiger partial charge in [-0.3, -0.25) is 14.6 Å². The van der Waals surface area contributed by atoms with E-state index < -0.39 is 10.0 Å². The standard InChI is InChI=1S/C19H34N4O3S/c1-14(23-4-2-22(3-5-23)6-7-27(20,25)26)18(24)21-19-11-15-8-16(12-19)10-17(9-15)13-19/h14-17H,2-13H2,1H3,(H,21,24)(H2,20,25,26)/t14-,15?,16?,17?,19?/m1/s1. The molecule has 1 saturated heterocycles. The van der Waals surface area contributed by atoms with Crippen molar-refractivity contribution in [2.75, 3.05) is 38.5 Å². The van der Waals surface area contributed by atoms with E-state index in [2.05, 4.69) is 15.1 Å². The Hall–Kier alpha value is -0.700. The van der Waals surface area contributed by atoms with Crippen molar-refractivity contribution in [2.45, 2.75) is 57.0 Å². The van der Waals surface area contributed by atoms with E-state index in [1.54, 1.807) is 0 Å². The molecule has 4 aliphatic carbocycles. The van der Waals surface area contributed by atoms with Crippen LogP contribution in [-0.2, 0) is 14.8 Å². The van der Waals surface area contributed by atoms with Gasteiger partial charge in [-0.1, -0.05) is 0 Å². The molecule has 1 heterocycles. The third kappa shape index (κ3) is 4.49. The van der Waals surface area contributed by atoms with Crippen LogP contribution in [0.15, 0.2) is 0 Å². The number of carbonyl (C=O) groups is 1. The first-order chi connectivity index (χ1) is 12.7. The molecule has 0 radical (unpaired) electrons. The van der Waals surface area contributed by atoms with Crippen molar-refractivity contribution in [2.24, 2.45) is 22.9 Å². The van der Waals surface area contributed by atoms with Gasteiger partial charge < -0.3 is 5.32 Å². The van der Waals surface area contributed by atoms with Crippen LogP contribution in [-0.4, -0.2) is 74.2 Å². The monoisotopic (exact) mass is 398 g/mol. The molecule has 1 atom stereocenters. The van der Waals surface area contributed by atoms with Crippen LogP contribution in [0.3, 0.4) is 0 Å². The molecule has 5 fully saturated rings. The van der Waals surface area contributed by atoms with E-state index >= 15 is 0 Å². The van der Waals surface area contributed by atoms with Crippen LogP contribution in [0.4, 0.5) is 0 Å². The van der Waals surface area contributed by atoms with E-state index in [9.17, 15) is 13.2 Å². The number of hydrogen-bond acceptors (Lipinski definition) is 5. The highest BCUT2D eigenvalue weighted by Crippen LogP contribution is 2.55. The number of piperazine rings is 1. The second-order valence-corrected chi connectivity index (χ2v) is 11.3. The maximum Gasteiger partial charge on any atom is 0.237 e. The lowest BCUT2D eigenvalue weighted by atomic mass is 9.53. The van der Waals surface area contributed by atoms with Crippen LogP contribution in [0, 0.1) is 17.8 Å². The Morgan fingerprint density at radius 2 is 1.59 bits per heavy atom. The number of rotatable bonds is 6. The number of primary sulfonamides is 1. The fourth-order valence-electron chi connectivity index (χ4n) is 6.43. The Kier molecular flexibility index (Phi) is 5.29. The van der Waals surface area contributed by atoms with Gasteiger partial charge in [-0.05, 0) is 63.2 Å². The molecule has 0 aromatic rings. The summed E-state index contributed by atoms with van der Waals surface area (Å²) in [5.74, 6) is 2.65. The first-order valence-electron chi connectivity index (χ1n) is 10.5. The molecular weight excluding hydrogens is 364 g/mol. The SMILES string of the molecule is C[C@H](C(=O)NC12CC3CC(CC(C3)C1)C2)N1CCN(CCS(N)(=O)=O)CC1. The first-order valence-corrected chi connectivity index (χ1v) is 12.2. The Bertz CT molecular complexity index is 637. The lowest BCUT2D eigenvalue weighted by molar-refractivity contribution is -0.132. The molecule has 7 nitrogen and oxygen atoms in total. The summed E-state index contributed by atoms with van der Waals surface area (Å²) < 4.78 is 22.3. The molecule has 5 aliphatic rings. The average Bonchev–Trinajstić information content (AvgIpc) is 2.57. The first kappa shape index (κ1) is 19.6. The van der Waals surface area contributed by atoms with Gasteiger partial charge in [0.25, 0.3) is 0 Å². The molecule has 3 N–H and O–H groups in total. The minimum atomic E-state index is -3.41. The summed E-state index contributed by atoms with van der Waals surface area (Å²) in [6.45, 7) is 5.63. The van der Waals surface area contributed by atoms with Crippen molar-refractivity contribution >= 4 is 15.9 Å². The molecule has 5 rings (SSSR count). The Labute approximate surface area is 163 Å². The van der Waals surface area contributed by atoms with E-state index in [1.807, 2.05) is 6.92 Å². The Balaban J connectivity index is 1.28. The Morgan fingerprint density at radius 1 is 1.07 bits per heavy atom. The molecule has 1 amide bonds. The predicted molar refractivity (Wildman–Crippen MR) is 104 cm³/mol. The van der Waals surface area contributed by atoms with Crippen molar-refractivity contribution < 1.29 is 13.2 Å². The lowest BCUT2D eigenvalue weighted by Gasteiger charge is -2.57. The van der Waals surface area contributed by atoms with Gasteiger partial charge in [-0.15, -0.1) is 0 Å². The van der Waals surface area contributed by atoms with Gasteiger partial charge in [-0.2, -0.15) is 0 Å². The summed E-state index contributed by atoms with van der Waals surface area (Å²) in [6.07, 6.45) is 7.68. The third-order valence-corrected chi connectivity index (χ3v) is 8.20. The molecule has 27 heavy (non-hydrogen) atoms. The van der Waals surface area contributed by atoms with Crippen LogP contribution in [0.1, 0.15) is 45.4 Å². The van der Waals surface area contributed by atoms with Crippen LogP contribution in [0.5, 0.6) is 0 Å². The largest absolute Gasteiger partial charge is 0.349 e. The molecule has 8 heteroatoms. The molecule has 4 saturated carbocycles. The van der Waals surface area contributed by atoms with Gasteiger partial charge in [0.15, 0.2) is 0 Å². The molecule has 154 valence electrons. The van der Waals surface area contributed by atoms with Gasteiger partial charge in [0.1, 0.15) is 0 Å². The summed E-state index contributed by atoms with van der Waals surface area (Å²) in [5.41, 5.74) is 0.0669. The van der Waals surface area contributed by atoms with Gasteiger partial charge in [0, 0.05) is 38.3 Å². The molecule has 0 spiro atoms. The number of nitrogens with one attached hydrogen (secondary N) is 1. The second-order valence-electron chi connectivity index (χ2n) is 9.61. The zero-order valence-corrected chi connectivity index (χ0v) is 17.2. The van der Waals surface area contributed by atoms with E-state index in [-0.39, 0.29) is 23.2 Å². The van der Waals surface area contributed by atoms with Gasteiger partial charge in [0.05, 0.1) is 11.8 Å².